The zero-order valence-corrected chi connectivity index (χ0v) is 15.4. The first-order chi connectivity index (χ1) is 11.0. The molecule has 11 heteroatoms. The maximum atomic E-state index is 13.0. The first-order valence-corrected chi connectivity index (χ1v) is 10.5. The van der Waals surface area contributed by atoms with Gasteiger partial charge in [0.1, 0.15) is 4.90 Å². The zero-order valence-electron chi connectivity index (χ0n) is 13.0. The lowest BCUT2D eigenvalue weighted by molar-refractivity contribution is 0.0696. The quantitative estimate of drug-likeness (QED) is 0.728. The second-order valence-electron chi connectivity index (χ2n) is 5.63. The Morgan fingerprint density at radius 3 is 2.42 bits per heavy atom. The van der Waals surface area contributed by atoms with Gasteiger partial charge in [0.15, 0.2) is 9.84 Å². The molecule has 1 aliphatic heterocycles. The van der Waals surface area contributed by atoms with Crippen molar-refractivity contribution >= 4 is 37.4 Å². The highest BCUT2D eigenvalue weighted by Crippen LogP contribution is 2.30. The molecule has 1 atom stereocenters. The van der Waals surface area contributed by atoms with Crippen LogP contribution in [-0.4, -0.2) is 69.0 Å². The number of carbonyl (C=O) groups is 1. The number of carboxylic acid groups (broad SMARTS) is 1. The highest BCUT2D eigenvalue weighted by molar-refractivity contribution is 7.92. The van der Waals surface area contributed by atoms with Crippen molar-refractivity contribution in [3.05, 3.63) is 28.8 Å². The van der Waals surface area contributed by atoms with Crippen molar-refractivity contribution in [3.63, 3.8) is 0 Å². The predicted molar refractivity (Wildman–Crippen MR) is 88.2 cm³/mol. The summed E-state index contributed by atoms with van der Waals surface area (Å²) in [5.41, 5.74) is -0.226. The summed E-state index contributed by atoms with van der Waals surface area (Å²) in [6, 6.07) is 2.60. The van der Waals surface area contributed by atoms with E-state index in [0.29, 0.717) is 0 Å². The topological polar surface area (TPSA) is 112 Å². The van der Waals surface area contributed by atoms with Gasteiger partial charge in [0.05, 0.1) is 28.1 Å². The van der Waals surface area contributed by atoms with Gasteiger partial charge < -0.3 is 5.11 Å². The van der Waals surface area contributed by atoms with E-state index in [4.69, 9.17) is 16.7 Å². The minimum Gasteiger partial charge on any atom is -0.478 e. The molecule has 1 aromatic rings. The number of hydrogen-bond acceptors (Lipinski definition) is 6. The number of nitrogens with zero attached hydrogens (tertiary/aromatic N) is 2. The van der Waals surface area contributed by atoms with Crippen molar-refractivity contribution in [1.82, 2.24) is 9.42 Å². The number of sulfone groups is 1. The monoisotopic (exact) mass is 396 g/mol. The number of aromatic carboxylic acids is 1. The van der Waals surface area contributed by atoms with Gasteiger partial charge in [-0.2, -0.15) is 0 Å². The largest absolute Gasteiger partial charge is 0.478 e. The van der Waals surface area contributed by atoms with Crippen LogP contribution in [0.25, 0.3) is 0 Å². The molecule has 0 amide bonds. The number of benzene rings is 1. The van der Waals surface area contributed by atoms with Crippen LogP contribution in [0.15, 0.2) is 23.1 Å². The fraction of sp³-hybridized carbons (Fsp3) is 0.462. The van der Waals surface area contributed by atoms with Crippen LogP contribution in [0.5, 0.6) is 0 Å². The molecule has 1 aliphatic rings. The van der Waals surface area contributed by atoms with Crippen LogP contribution in [0, 0.1) is 0 Å². The second kappa shape index (κ2) is 6.60. The molecule has 0 aliphatic carbocycles. The van der Waals surface area contributed by atoms with Crippen LogP contribution >= 0.6 is 11.6 Å². The minimum absolute atomic E-state index is 0.0968. The van der Waals surface area contributed by atoms with Crippen LogP contribution in [0.3, 0.4) is 0 Å². The van der Waals surface area contributed by atoms with Crippen LogP contribution in [0.1, 0.15) is 16.8 Å². The third kappa shape index (κ3) is 3.72. The molecule has 1 saturated heterocycles. The van der Waals surface area contributed by atoms with E-state index >= 15 is 0 Å². The summed E-state index contributed by atoms with van der Waals surface area (Å²) < 4.78 is 50.3. The Morgan fingerprint density at radius 2 is 1.96 bits per heavy atom. The summed E-state index contributed by atoms with van der Waals surface area (Å²) in [5, 5.41) is 10.2. The van der Waals surface area contributed by atoms with E-state index in [1.54, 1.807) is 0 Å². The lowest BCUT2D eigenvalue weighted by Crippen LogP contribution is -2.49. The van der Waals surface area contributed by atoms with E-state index in [0.717, 1.165) is 10.5 Å². The molecule has 8 nitrogen and oxygen atoms in total. The van der Waals surface area contributed by atoms with E-state index in [1.165, 1.54) is 31.2 Å². The van der Waals surface area contributed by atoms with Crippen molar-refractivity contribution in [1.29, 1.82) is 0 Å². The van der Waals surface area contributed by atoms with Crippen molar-refractivity contribution < 1.29 is 26.7 Å². The SMILES string of the molecule is CN(C)N([C@@H]1CCS(=O)(=O)C1)S(=O)(=O)c1cc(C(=O)O)ccc1Cl. The molecule has 24 heavy (non-hydrogen) atoms. The first kappa shape index (κ1) is 19.1. The van der Waals surface area contributed by atoms with Crippen molar-refractivity contribution in [3.8, 4) is 0 Å². The summed E-state index contributed by atoms with van der Waals surface area (Å²) in [6.45, 7) is 0. The number of rotatable bonds is 5. The standard InChI is InChI=1S/C13H17ClN2O6S2/c1-15(2)16(10-5-6-23(19,20)8-10)24(21,22)12-7-9(13(17)18)3-4-11(12)14/h3-4,7,10H,5-6,8H2,1-2H3,(H,17,18)/t10-/m1/s1. The molecule has 0 aromatic heterocycles. The molecular formula is C13H17ClN2O6S2. The number of sulfonamides is 1. The average Bonchev–Trinajstić information content (AvgIpc) is 2.77. The molecule has 1 aromatic carbocycles. The van der Waals surface area contributed by atoms with E-state index in [9.17, 15) is 21.6 Å². The summed E-state index contributed by atoms with van der Waals surface area (Å²) in [6.07, 6.45) is 0.163. The fourth-order valence-electron chi connectivity index (χ4n) is 2.62. The van der Waals surface area contributed by atoms with Crippen LogP contribution in [0.4, 0.5) is 0 Å². The fourth-order valence-corrected chi connectivity index (χ4v) is 6.61. The number of hydrogen-bond donors (Lipinski definition) is 1. The Balaban J connectivity index is 2.54. The van der Waals surface area contributed by atoms with Crippen molar-refractivity contribution in [2.45, 2.75) is 17.4 Å². The maximum Gasteiger partial charge on any atom is 0.335 e. The van der Waals surface area contributed by atoms with Crippen molar-refractivity contribution in [2.75, 3.05) is 25.6 Å². The summed E-state index contributed by atoms with van der Waals surface area (Å²) >= 11 is 5.96. The predicted octanol–water partition coefficient (Wildman–Crippen LogP) is 0.693. The highest BCUT2D eigenvalue weighted by atomic mass is 35.5. The Kier molecular flexibility index (Phi) is 5.26. The van der Waals surface area contributed by atoms with Gasteiger partial charge in [0.2, 0.25) is 0 Å². The zero-order chi connectivity index (χ0) is 18.3. The molecule has 1 heterocycles. The third-order valence-electron chi connectivity index (χ3n) is 3.62. The molecule has 0 spiro atoms. The third-order valence-corrected chi connectivity index (χ3v) is 7.82. The van der Waals surface area contributed by atoms with Crippen LogP contribution in [0.2, 0.25) is 5.02 Å². The van der Waals surface area contributed by atoms with Gasteiger partial charge in [-0.25, -0.2) is 26.6 Å². The van der Waals surface area contributed by atoms with Gasteiger partial charge in [0, 0.05) is 14.1 Å². The average molecular weight is 397 g/mol. The summed E-state index contributed by atoms with van der Waals surface area (Å²) in [7, 11) is -4.59. The second-order valence-corrected chi connectivity index (χ2v) is 10.0. The minimum atomic E-state index is -4.22. The Morgan fingerprint density at radius 1 is 1.33 bits per heavy atom. The highest BCUT2D eigenvalue weighted by Gasteiger charge is 2.41. The first-order valence-electron chi connectivity index (χ1n) is 6.90. The van der Waals surface area contributed by atoms with Gasteiger partial charge in [0.25, 0.3) is 10.0 Å². The molecule has 0 bridgehead atoms. The number of hydrazine groups is 1. The van der Waals surface area contributed by atoms with E-state index < -0.39 is 31.9 Å². The molecule has 134 valence electrons. The van der Waals surface area contributed by atoms with E-state index in [-0.39, 0.29) is 33.4 Å². The van der Waals surface area contributed by atoms with Gasteiger partial charge in [-0.15, -0.1) is 4.41 Å². The molecular weight excluding hydrogens is 380 g/mol. The van der Waals surface area contributed by atoms with Gasteiger partial charge in [-0.1, -0.05) is 11.6 Å². The van der Waals surface area contributed by atoms with Gasteiger partial charge in [-0.05, 0) is 24.6 Å². The lowest BCUT2D eigenvalue weighted by atomic mass is 10.2. The summed E-state index contributed by atoms with van der Waals surface area (Å²) in [4.78, 5) is 10.7. The van der Waals surface area contributed by atoms with E-state index in [1.807, 2.05) is 0 Å². The van der Waals surface area contributed by atoms with Gasteiger partial charge >= 0.3 is 5.97 Å². The smallest absolute Gasteiger partial charge is 0.335 e. The van der Waals surface area contributed by atoms with Crippen LogP contribution < -0.4 is 0 Å². The Hall–Kier alpha value is -1.20. The van der Waals surface area contributed by atoms with Gasteiger partial charge in [-0.3, -0.25) is 0 Å². The Bertz CT molecular complexity index is 866. The Labute approximate surface area is 145 Å². The molecule has 1 N–H and O–H groups in total. The maximum absolute atomic E-state index is 13.0. The number of halogens is 1. The summed E-state index contributed by atoms with van der Waals surface area (Å²) in [5.74, 6) is -1.68. The lowest BCUT2D eigenvalue weighted by Gasteiger charge is -2.32. The molecule has 2 rings (SSSR count). The molecule has 0 saturated carbocycles. The van der Waals surface area contributed by atoms with Crippen molar-refractivity contribution in [2.24, 2.45) is 0 Å². The molecule has 1 fully saturated rings. The molecule has 0 radical (unpaired) electrons. The molecule has 0 unspecified atom stereocenters. The van der Waals surface area contributed by atoms with Crippen LogP contribution in [-0.2, 0) is 19.9 Å². The van der Waals surface area contributed by atoms with E-state index in [2.05, 4.69) is 0 Å². The normalized spacial score (nSPS) is 20.6. The number of carboxylic acids is 1.